The zero-order valence-corrected chi connectivity index (χ0v) is 13.2. The van der Waals surface area contributed by atoms with Crippen molar-refractivity contribution in [3.8, 4) is 0 Å². The van der Waals surface area contributed by atoms with Crippen molar-refractivity contribution >= 4 is 21.8 Å². The minimum atomic E-state index is -0.260. The van der Waals surface area contributed by atoms with Crippen LogP contribution in [0.1, 0.15) is 31.2 Å². The number of nitrogens with zero attached hydrogens (tertiary/aromatic N) is 1. The van der Waals surface area contributed by atoms with E-state index < -0.39 is 0 Å². The first-order valence-electron chi connectivity index (χ1n) is 7.41. The summed E-state index contributed by atoms with van der Waals surface area (Å²) < 4.78 is 1.06. The number of hydrogen-bond acceptors (Lipinski definition) is 2. The van der Waals surface area contributed by atoms with Crippen molar-refractivity contribution in [2.45, 2.75) is 31.1 Å². The molecule has 4 heteroatoms. The van der Waals surface area contributed by atoms with Crippen molar-refractivity contribution in [2.24, 2.45) is 11.7 Å². The predicted octanol–water partition coefficient (Wildman–Crippen LogP) is 2.68. The van der Waals surface area contributed by atoms with E-state index in [1.165, 1.54) is 5.56 Å². The van der Waals surface area contributed by atoms with Gasteiger partial charge in [0.05, 0.1) is 5.41 Å². The lowest BCUT2D eigenvalue weighted by Crippen LogP contribution is -2.50. The molecule has 0 spiro atoms. The molecule has 1 saturated carbocycles. The highest BCUT2D eigenvalue weighted by molar-refractivity contribution is 9.10. The molecule has 1 aliphatic heterocycles. The van der Waals surface area contributed by atoms with Crippen molar-refractivity contribution in [1.29, 1.82) is 0 Å². The molecule has 0 aromatic heterocycles. The van der Waals surface area contributed by atoms with Gasteiger partial charge in [-0.2, -0.15) is 0 Å². The van der Waals surface area contributed by atoms with E-state index in [0.717, 1.165) is 43.2 Å². The van der Waals surface area contributed by atoms with E-state index in [4.69, 9.17) is 5.73 Å². The average molecular weight is 337 g/mol. The number of halogens is 1. The number of benzene rings is 1. The molecule has 2 aliphatic rings. The Hall–Kier alpha value is -0.870. The molecule has 3 nitrogen and oxygen atoms in total. The zero-order valence-electron chi connectivity index (χ0n) is 11.6. The topological polar surface area (TPSA) is 46.3 Å². The van der Waals surface area contributed by atoms with Crippen LogP contribution in [0.3, 0.4) is 0 Å². The summed E-state index contributed by atoms with van der Waals surface area (Å²) in [5.41, 5.74) is 6.65. The van der Waals surface area contributed by atoms with Crippen LogP contribution in [0.4, 0.5) is 0 Å². The summed E-state index contributed by atoms with van der Waals surface area (Å²) >= 11 is 3.46. The van der Waals surface area contributed by atoms with Gasteiger partial charge in [-0.15, -0.1) is 0 Å². The highest BCUT2D eigenvalue weighted by Crippen LogP contribution is 2.46. The Morgan fingerprint density at radius 3 is 2.55 bits per heavy atom. The van der Waals surface area contributed by atoms with Crippen LogP contribution in [0.2, 0.25) is 0 Å². The lowest BCUT2D eigenvalue weighted by Gasteiger charge is -2.43. The van der Waals surface area contributed by atoms with Gasteiger partial charge in [-0.3, -0.25) is 4.79 Å². The fraction of sp³-hybridized carbons (Fsp3) is 0.562. The van der Waals surface area contributed by atoms with E-state index in [2.05, 4.69) is 28.1 Å². The van der Waals surface area contributed by atoms with Crippen molar-refractivity contribution in [3.05, 3.63) is 34.3 Å². The number of likely N-dealkylation sites (tertiary alicyclic amines) is 1. The summed E-state index contributed by atoms with van der Waals surface area (Å²) in [5.74, 6) is 0.808. The monoisotopic (exact) mass is 336 g/mol. The lowest BCUT2D eigenvalue weighted by atomic mass is 9.63. The molecule has 2 fully saturated rings. The molecule has 1 unspecified atom stereocenters. The van der Waals surface area contributed by atoms with Crippen LogP contribution >= 0.6 is 15.9 Å². The molecule has 1 heterocycles. The summed E-state index contributed by atoms with van der Waals surface area (Å²) in [6.07, 6.45) is 4.17. The molecule has 0 bridgehead atoms. The summed E-state index contributed by atoms with van der Waals surface area (Å²) in [4.78, 5) is 15.0. The first kappa shape index (κ1) is 14.1. The summed E-state index contributed by atoms with van der Waals surface area (Å²) in [6.45, 7) is 2.40. The molecule has 20 heavy (non-hydrogen) atoms. The number of amides is 1. The third-order valence-electron chi connectivity index (χ3n) is 4.92. The van der Waals surface area contributed by atoms with E-state index in [9.17, 15) is 4.79 Å². The number of rotatable bonds is 3. The Balaban J connectivity index is 1.82. The van der Waals surface area contributed by atoms with E-state index in [1.54, 1.807) is 0 Å². The second-order valence-corrected chi connectivity index (χ2v) is 7.00. The van der Waals surface area contributed by atoms with Gasteiger partial charge in [-0.05, 0) is 49.4 Å². The molecule has 1 aliphatic carbocycles. The summed E-state index contributed by atoms with van der Waals surface area (Å²) in [6, 6.07) is 8.26. The highest BCUT2D eigenvalue weighted by Gasteiger charge is 2.48. The van der Waals surface area contributed by atoms with E-state index >= 15 is 0 Å². The second kappa shape index (κ2) is 5.49. The Labute approximate surface area is 128 Å². The molecule has 1 amide bonds. The van der Waals surface area contributed by atoms with Crippen LogP contribution < -0.4 is 5.73 Å². The largest absolute Gasteiger partial charge is 0.342 e. The van der Waals surface area contributed by atoms with Gasteiger partial charge in [-0.1, -0.05) is 34.5 Å². The normalized spacial score (nSPS) is 24.5. The summed E-state index contributed by atoms with van der Waals surface area (Å²) in [7, 11) is 0. The fourth-order valence-electron chi connectivity index (χ4n) is 3.44. The van der Waals surface area contributed by atoms with Crippen molar-refractivity contribution in [2.75, 3.05) is 19.6 Å². The molecule has 1 aromatic carbocycles. The third-order valence-corrected chi connectivity index (χ3v) is 5.45. The Morgan fingerprint density at radius 1 is 1.35 bits per heavy atom. The number of carbonyl (C=O) groups excluding carboxylic acids is 1. The Morgan fingerprint density at radius 2 is 2.05 bits per heavy atom. The quantitative estimate of drug-likeness (QED) is 0.922. The lowest BCUT2D eigenvalue weighted by molar-refractivity contribution is -0.140. The van der Waals surface area contributed by atoms with Crippen LogP contribution in [0.15, 0.2) is 28.7 Å². The van der Waals surface area contributed by atoms with Gasteiger partial charge in [0, 0.05) is 17.6 Å². The van der Waals surface area contributed by atoms with E-state index in [0.29, 0.717) is 18.4 Å². The van der Waals surface area contributed by atoms with Crippen LogP contribution in [0.5, 0.6) is 0 Å². The van der Waals surface area contributed by atoms with Crippen LogP contribution in [0, 0.1) is 5.92 Å². The van der Waals surface area contributed by atoms with Gasteiger partial charge >= 0.3 is 0 Å². The molecule has 0 radical (unpaired) electrons. The molecular formula is C16H21BrN2O. The first-order valence-corrected chi connectivity index (χ1v) is 8.20. The second-order valence-electron chi connectivity index (χ2n) is 6.08. The molecule has 1 saturated heterocycles. The van der Waals surface area contributed by atoms with Crippen LogP contribution in [-0.4, -0.2) is 30.4 Å². The summed E-state index contributed by atoms with van der Waals surface area (Å²) in [5, 5.41) is 0. The highest BCUT2D eigenvalue weighted by atomic mass is 79.9. The molecular weight excluding hydrogens is 316 g/mol. The molecule has 2 N–H and O–H groups in total. The molecule has 108 valence electrons. The van der Waals surface area contributed by atoms with Crippen molar-refractivity contribution in [3.63, 3.8) is 0 Å². The SMILES string of the molecule is NCC1CCN(C(=O)C2(c3ccc(Br)cc3)CCC2)C1. The van der Waals surface area contributed by atoms with Crippen LogP contribution in [-0.2, 0) is 10.2 Å². The molecule has 1 aromatic rings. The van der Waals surface area contributed by atoms with Gasteiger partial charge < -0.3 is 10.6 Å². The fourth-order valence-corrected chi connectivity index (χ4v) is 3.70. The van der Waals surface area contributed by atoms with Crippen molar-refractivity contribution in [1.82, 2.24) is 4.90 Å². The third kappa shape index (κ3) is 2.29. The predicted molar refractivity (Wildman–Crippen MR) is 83.4 cm³/mol. The Kier molecular flexibility index (Phi) is 3.87. The maximum atomic E-state index is 13.0. The van der Waals surface area contributed by atoms with Crippen LogP contribution in [0.25, 0.3) is 0 Å². The number of hydrogen-bond donors (Lipinski definition) is 1. The maximum Gasteiger partial charge on any atom is 0.233 e. The minimum absolute atomic E-state index is 0.260. The van der Waals surface area contributed by atoms with E-state index in [1.807, 2.05) is 17.0 Å². The van der Waals surface area contributed by atoms with Crippen molar-refractivity contribution < 1.29 is 4.79 Å². The molecule has 3 rings (SSSR count). The Bertz CT molecular complexity index is 496. The number of carbonyl (C=O) groups is 1. The standard InChI is InChI=1S/C16H21BrN2O/c17-14-4-2-13(3-5-14)16(7-1-8-16)15(20)19-9-6-12(10-18)11-19/h2-5,12H,1,6-11,18H2. The first-order chi connectivity index (χ1) is 9.65. The van der Waals surface area contributed by atoms with Gasteiger partial charge in [0.25, 0.3) is 0 Å². The smallest absolute Gasteiger partial charge is 0.233 e. The molecule has 1 atom stereocenters. The average Bonchev–Trinajstić information content (AvgIpc) is 2.88. The van der Waals surface area contributed by atoms with Gasteiger partial charge in [0.1, 0.15) is 0 Å². The van der Waals surface area contributed by atoms with Gasteiger partial charge in [0.2, 0.25) is 5.91 Å². The number of nitrogens with two attached hydrogens (primary N) is 1. The van der Waals surface area contributed by atoms with Gasteiger partial charge in [-0.25, -0.2) is 0 Å². The maximum absolute atomic E-state index is 13.0. The van der Waals surface area contributed by atoms with E-state index in [-0.39, 0.29) is 5.41 Å². The van der Waals surface area contributed by atoms with Gasteiger partial charge in [0.15, 0.2) is 0 Å². The zero-order chi connectivity index (χ0) is 14.2. The minimum Gasteiger partial charge on any atom is -0.342 e.